The van der Waals surface area contributed by atoms with Crippen LogP contribution >= 0.6 is 0 Å². The maximum absolute atomic E-state index is 9.88. The monoisotopic (exact) mass is 347 g/mol. The van der Waals surface area contributed by atoms with E-state index >= 15 is 0 Å². The lowest BCUT2D eigenvalue weighted by Crippen LogP contribution is -2.04. The summed E-state index contributed by atoms with van der Waals surface area (Å²) in [4.78, 5) is 8.23. The molecule has 2 aromatic carbocycles. The van der Waals surface area contributed by atoms with Crippen molar-refractivity contribution in [3.8, 4) is 17.8 Å². The Kier molecular flexibility index (Phi) is 3.62. The molecule has 0 radical (unpaired) electrons. The summed E-state index contributed by atoms with van der Waals surface area (Å²) in [5, 5.41) is 21.4. The number of hydrogen-bond donors (Lipinski definition) is 0. The smallest absolute Gasteiger partial charge is 0.216 e. The largest absolute Gasteiger partial charge is 0.303 e. The summed E-state index contributed by atoms with van der Waals surface area (Å²) in [6.45, 7) is 11.2. The molecule has 0 saturated carbocycles. The highest BCUT2D eigenvalue weighted by atomic mass is 15.1. The highest BCUT2D eigenvalue weighted by molar-refractivity contribution is 6.08. The number of nitriles is 2. The molecule has 0 aliphatic rings. The van der Waals surface area contributed by atoms with Crippen LogP contribution in [0.25, 0.3) is 32.5 Å². The van der Waals surface area contributed by atoms with Crippen molar-refractivity contribution in [2.75, 3.05) is 0 Å². The topological polar surface area (TPSA) is 69.8 Å². The SMILES string of the molecule is [C-]#[N+]c1c(C)c(C#N)c(C)c(C#N)c1-n1c2ccccc2c2cccnc21. The van der Waals surface area contributed by atoms with E-state index in [9.17, 15) is 10.5 Å². The van der Waals surface area contributed by atoms with Crippen molar-refractivity contribution in [3.05, 3.63) is 76.3 Å². The Labute approximate surface area is 156 Å². The molecule has 0 aliphatic carbocycles. The molecule has 5 nitrogen and oxygen atoms in total. The minimum Gasteiger partial charge on any atom is -0.303 e. The van der Waals surface area contributed by atoms with Gasteiger partial charge in [0.2, 0.25) is 5.69 Å². The van der Waals surface area contributed by atoms with Crippen molar-refractivity contribution in [1.29, 1.82) is 10.5 Å². The van der Waals surface area contributed by atoms with Crippen LogP contribution < -0.4 is 0 Å². The number of nitrogens with zero attached hydrogens (tertiary/aromatic N) is 5. The standard InChI is InChI=1S/C22H13N5/c1-13-17(11-23)14(2)20(25-3)21(18(13)12-24)27-19-9-5-4-7-15(19)16-8-6-10-26-22(16)27/h4-10H,1-2H3. The van der Waals surface area contributed by atoms with E-state index in [2.05, 4.69) is 22.0 Å². The fourth-order valence-corrected chi connectivity index (χ4v) is 3.68. The van der Waals surface area contributed by atoms with E-state index in [1.165, 1.54) is 0 Å². The fraction of sp³-hybridized carbons (Fsp3) is 0.0909. The maximum atomic E-state index is 9.88. The normalized spacial score (nSPS) is 10.5. The Balaban J connectivity index is 2.33. The molecule has 0 spiro atoms. The Hall–Kier alpha value is -4.14. The van der Waals surface area contributed by atoms with Gasteiger partial charge in [0.05, 0.1) is 29.4 Å². The van der Waals surface area contributed by atoms with Gasteiger partial charge in [-0.3, -0.25) is 0 Å². The summed E-state index contributed by atoms with van der Waals surface area (Å²) >= 11 is 0. The first kappa shape index (κ1) is 16.3. The third kappa shape index (κ3) is 2.11. The van der Waals surface area contributed by atoms with Crippen LogP contribution in [0.2, 0.25) is 0 Å². The number of aromatic nitrogens is 2. The number of pyridine rings is 1. The molecule has 0 amide bonds. The second kappa shape index (κ2) is 5.99. The molecule has 0 bridgehead atoms. The zero-order valence-electron chi connectivity index (χ0n) is 14.8. The van der Waals surface area contributed by atoms with Gasteiger partial charge in [0.1, 0.15) is 11.7 Å². The van der Waals surface area contributed by atoms with Crippen LogP contribution in [0.3, 0.4) is 0 Å². The van der Waals surface area contributed by atoms with Gasteiger partial charge in [-0.05, 0) is 43.2 Å². The summed E-state index contributed by atoms with van der Waals surface area (Å²) in [6.07, 6.45) is 1.70. The van der Waals surface area contributed by atoms with Gasteiger partial charge in [-0.1, -0.05) is 18.2 Å². The molecule has 27 heavy (non-hydrogen) atoms. The molecule has 0 aliphatic heterocycles. The Morgan fingerprint density at radius 2 is 1.67 bits per heavy atom. The van der Waals surface area contributed by atoms with Crippen molar-refractivity contribution in [2.24, 2.45) is 0 Å². The van der Waals surface area contributed by atoms with Crippen LogP contribution in [0.15, 0.2) is 42.6 Å². The summed E-state index contributed by atoms with van der Waals surface area (Å²) in [6, 6.07) is 16.0. The molecule has 126 valence electrons. The number of rotatable bonds is 1. The van der Waals surface area contributed by atoms with Crippen molar-refractivity contribution in [3.63, 3.8) is 0 Å². The van der Waals surface area contributed by atoms with E-state index in [4.69, 9.17) is 6.57 Å². The summed E-state index contributed by atoms with van der Waals surface area (Å²) in [7, 11) is 0. The first-order chi connectivity index (χ1) is 13.1. The van der Waals surface area contributed by atoms with E-state index in [1.807, 2.05) is 41.0 Å². The van der Waals surface area contributed by atoms with Crippen LogP contribution in [0, 0.1) is 43.1 Å². The molecule has 0 saturated heterocycles. The second-order valence-corrected chi connectivity index (χ2v) is 6.26. The molecule has 5 heteroatoms. The van der Waals surface area contributed by atoms with Gasteiger partial charge in [-0.25, -0.2) is 9.83 Å². The minimum absolute atomic E-state index is 0.307. The predicted molar refractivity (Wildman–Crippen MR) is 104 cm³/mol. The Morgan fingerprint density at radius 1 is 0.963 bits per heavy atom. The first-order valence-electron chi connectivity index (χ1n) is 8.33. The van der Waals surface area contributed by atoms with Gasteiger partial charge in [-0.2, -0.15) is 10.5 Å². The summed E-state index contributed by atoms with van der Waals surface area (Å²) < 4.78 is 1.87. The van der Waals surface area contributed by atoms with Gasteiger partial charge >= 0.3 is 0 Å². The average Bonchev–Trinajstić information content (AvgIpc) is 3.02. The van der Waals surface area contributed by atoms with E-state index in [-0.39, 0.29) is 0 Å². The molecule has 4 rings (SSSR count). The lowest BCUT2D eigenvalue weighted by molar-refractivity contribution is 1.11. The van der Waals surface area contributed by atoms with E-state index in [0.29, 0.717) is 39.3 Å². The minimum atomic E-state index is 0.307. The van der Waals surface area contributed by atoms with Crippen LogP contribution in [0.1, 0.15) is 22.3 Å². The molecule has 2 aromatic heterocycles. The van der Waals surface area contributed by atoms with Gasteiger partial charge in [0, 0.05) is 22.5 Å². The van der Waals surface area contributed by atoms with Gasteiger partial charge < -0.3 is 4.57 Å². The number of para-hydroxylation sites is 1. The van der Waals surface area contributed by atoms with Gasteiger partial charge in [0.25, 0.3) is 0 Å². The van der Waals surface area contributed by atoms with Crippen molar-refractivity contribution in [1.82, 2.24) is 9.55 Å². The maximum Gasteiger partial charge on any atom is 0.216 e. The highest BCUT2D eigenvalue weighted by Gasteiger charge is 2.24. The molecular weight excluding hydrogens is 334 g/mol. The van der Waals surface area contributed by atoms with Crippen molar-refractivity contribution < 1.29 is 0 Å². The number of fused-ring (bicyclic) bond motifs is 3. The van der Waals surface area contributed by atoms with Gasteiger partial charge in [-0.15, -0.1) is 0 Å². The van der Waals surface area contributed by atoms with Crippen molar-refractivity contribution >= 4 is 27.6 Å². The van der Waals surface area contributed by atoms with E-state index in [1.54, 1.807) is 20.0 Å². The molecule has 0 fully saturated rings. The van der Waals surface area contributed by atoms with Crippen molar-refractivity contribution in [2.45, 2.75) is 13.8 Å². The molecular formula is C22H13N5. The first-order valence-corrected chi connectivity index (χ1v) is 8.33. The molecule has 4 aromatic rings. The van der Waals surface area contributed by atoms with Crippen LogP contribution in [-0.2, 0) is 0 Å². The summed E-state index contributed by atoms with van der Waals surface area (Å²) in [5.74, 6) is 0. The lowest BCUT2D eigenvalue weighted by atomic mass is 9.95. The molecule has 0 N–H and O–H groups in total. The van der Waals surface area contributed by atoms with E-state index < -0.39 is 0 Å². The number of hydrogen-bond acceptors (Lipinski definition) is 3. The van der Waals surface area contributed by atoms with Crippen LogP contribution in [0.5, 0.6) is 0 Å². The Bertz CT molecular complexity index is 1280. The van der Waals surface area contributed by atoms with Gasteiger partial charge in [0.15, 0.2) is 0 Å². The quantitative estimate of drug-likeness (QED) is 0.450. The molecule has 0 unspecified atom stereocenters. The highest BCUT2D eigenvalue weighted by Crippen LogP contribution is 2.40. The number of benzene rings is 2. The van der Waals surface area contributed by atoms with Crippen LogP contribution in [0.4, 0.5) is 5.69 Å². The third-order valence-electron chi connectivity index (χ3n) is 4.93. The lowest BCUT2D eigenvalue weighted by Gasteiger charge is -2.17. The van der Waals surface area contributed by atoms with Crippen LogP contribution in [-0.4, -0.2) is 9.55 Å². The molecule has 0 atom stereocenters. The zero-order valence-corrected chi connectivity index (χ0v) is 14.8. The zero-order chi connectivity index (χ0) is 19.1. The fourth-order valence-electron chi connectivity index (χ4n) is 3.68. The predicted octanol–water partition coefficient (Wildman–Crippen LogP) is 5.09. The molecule has 2 heterocycles. The Morgan fingerprint density at radius 3 is 2.37 bits per heavy atom. The summed E-state index contributed by atoms with van der Waals surface area (Å²) in [5.41, 5.74) is 4.24. The second-order valence-electron chi connectivity index (χ2n) is 6.26. The third-order valence-corrected chi connectivity index (χ3v) is 4.93. The average molecular weight is 347 g/mol. The van der Waals surface area contributed by atoms with E-state index in [0.717, 1.165) is 16.3 Å².